The number of aromatic nitrogens is 2. The van der Waals surface area contributed by atoms with Crippen LogP contribution in [0.25, 0.3) is 11.3 Å². The van der Waals surface area contributed by atoms with Gasteiger partial charge in [0.2, 0.25) is 0 Å². The minimum absolute atomic E-state index is 0.0144. The standard InChI is InChI=1S/C23H21F3N4O2/c24-23(25,26)18-7-4-8-19(15-18)32-16-22(31)30-13-11-29(12-14-30)21-10-9-20(27-28-21)17-5-2-1-3-6-17/h1-10,15H,11-14,16H2. The lowest BCUT2D eigenvalue weighted by Crippen LogP contribution is -2.50. The van der Waals surface area contributed by atoms with Gasteiger partial charge in [0.1, 0.15) is 5.75 Å². The van der Waals surface area contributed by atoms with Gasteiger partial charge in [-0.05, 0) is 30.3 Å². The first kappa shape index (κ1) is 21.6. The van der Waals surface area contributed by atoms with Crippen LogP contribution in [0.4, 0.5) is 19.0 Å². The van der Waals surface area contributed by atoms with Crippen LogP contribution in [0, 0.1) is 0 Å². The SMILES string of the molecule is O=C(COc1cccc(C(F)(F)F)c1)N1CCN(c2ccc(-c3ccccc3)nn2)CC1. The van der Waals surface area contributed by atoms with Gasteiger partial charge in [-0.1, -0.05) is 36.4 Å². The van der Waals surface area contributed by atoms with Crippen molar-refractivity contribution in [2.45, 2.75) is 6.18 Å². The Balaban J connectivity index is 1.28. The highest BCUT2D eigenvalue weighted by Crippen LogP contribution is 2.31. The molecule has 3 aromatic rings. The van der Waals surface area contributed by atoms with Gasteiger partial charge in [0.15, 0.2) is 12.4 Å². The van der Waals surface area contributed by atoms with Gasteiger partial charge < -0.3 is 14.5 Å². The van der Waals surface area contributed by atoms with Crippen LogP contribution >= 0.6 is 0 Å². The van der Waals surface area contributed by atoms with E-state index in [1.54, 1.807) is 4.90 Å². The fourth-order valence-electron chi connectivity index (χ4n) is 3.44. The summed E-state index contributed by atoms with van der Waals surface area (Å²) in [5.74, 6) is 0.477. The molecule has 32 heavy (non-hydrogen) atoms. The fraction of sp³-hybridized carbons (Fsp3) is 0.261. The second-order valence-electron chi connectivity index (χ2n) is 7.32. The summed E-state index contributed by atoms with van der Waals surface area (Å²) >= 11 is 0. The van der Waals surface area contributed by atoms with Crippen molar-refractivity contribution in [1.82, 2.24) is 15.1 Å². The number of alkyl halides is 3. The largest absolute Gasteiger partial charge is 0.484 e. The molecule has 0 N–H and O–H groups in total. The number of halogens is 3. The lowest BCUT2D eigenvalue weighted by Gasteiger charge is -2.35. The molecule has 1 aromatic heterocycles. The van der Waals surface area contributed by atoms with E-state index >= 15 is 0 Å². The molecule has 1 aliphatic heterocycles. The van der Waals surface area contributed by atoms with Crippen molar-refractivity contribution in [3.05, 3.63) is 72.3 Å². The van der Waals surface area contributed by atoms with Crippen molar-refractivity contribution < 1.29 is 22.7 Å². The first-order valence-electron chi connectivity index (χ1n) is 10.1. The summed E-state index contributed by atoms with van der Waals surface area (Å²) in [6.07, 6.45) is -4.46. The Labute approximate surface area is 183 Å². The topological polar surface area (TPSA) is 58.6 Å². The van der Waals surface area contributed by atoms with E-state index in [0.29, 0.717) is 26.2 Å². The Morgan fingerprint density at radius 1 is 0.906 bits per heavy atom. The first-order chi connectivity index (χ1) is 15.4. The average molecular weight is 442 g/mol. The van der Waals surface area contributed by atoms with E-state index in [1.165, 1.54) is 12.1 Å². The molecule has 4 rings (SSSR count). The Hall–Kier alpha value is -3.62. The number of amides is 1. The molecule has 1 amide bonds. The fourth-order valence-corrected chi connectivity index (χ4v) is 3.44. The third-order valence-corrected chi connectivity index (χ3v) is 5.20. The Morgan fingerprint density at radius 2 is 1.66 bits per heavy atom. The molecule has 0 saturated carbocycles. The summed E-state index contributed by atoms with van der Waals surface area (Å²) in [7, 11) is 0. The van der Waals surface area contributed by atoms with E-state index in [9.17, 15) is 18.0 Å². The molecule has 0 bridgehead atoms. The third kappa shape index (κ3) is 5.16. The van der Waals surface area contributed by atoms with Gasteiger partial charge >= 0.3 is 6.18 Å². The second-order valence-corrected chi connectivity index (χ2v) is 7.32. The van der Waals surface area contributed by atoms with Crippen LogP contribution in [-0.4, -0.2) is 53.8 Å². The molecule has 1 fully saturated rings. The van der Waals surface area contributed by atoms with Crippen LogP contribution in [0.3, 0.4) is 0 Å². The first-order valence-corrected chi connectivity index (χ1v) is 10.1. The number of ether oxygens (including phenoxy) is 1. The highest BCUT2D eigenvalue weighted by atomic mass is 19.4. The number of hydrogen-bond donors (Lipinski definition) is 0. The molecule has 2 aromatic carbocycles. The van der Waals surface area contributed by atoms with Gasteiger partial charge in [-0.15, -0.1) is 10.2 Å². The molecular formula is C23H21F3N4O2. The number of nitrogens with zero attached hydrogens (tertiary/aromatic N) is 4. The molecule has 2 heterocycles. The summed E-state index contributed by atoms with van der Waals surface area (Å²) in [5.41, 5.74) is 0.966. The number of anilines is 1. The van der Waals surface area contributed by atoms with Crippen LogP contribution < -0.4 is 9.64 Å². The molecule has 0 radical (unpaired) electrons. The number of hydrogen-bond acceptors (Lipinski definition) is 5. The van der Waals surface area contributed by atoms with Gasteiger partial charge in [-0.2, -0.15) is 13.2 Å². The zero-order valence-electron chi connectivity index (χ0n) is 17.1. The summed E-state index contributed by atoms with van der Waals surface area (Å²) < 4.78 is 43.7. The van der Waals surface area contributed by atoms with Crippen molar-refractivity contribution >= 4 is 11.7 Å². The highest BCUT2D eigenvalue weighted by molar-refractivity contribution is 5.78. The van der Waals surface area contributed by atoms with Gasteiger partial charge in [0.25, 0.3) is 5.91 Å². The Morgan fingerprint density at radius 3 is 2.31 bits per heavy atom. The maximum absolute atomic E-state index is 12.8. The molecule has 6 nitrogen and oxygen atoms in total. The molecule has 1 aliphatic rings. The molecule has 0 atom stereocenters. The smallest absolute Gasteiger partial charge is 0.416 e. The minimum atomic E-state index is -4.46. The quantitative estimate of drug-likeness (QED) is 0.600. The van der Waals surface area contributed by atoms with E-state index < -0.39 is 11.7 Å². The number of piperazine rings is 1. The maximum Gasteiger partial charge on any atom is 0.416 e. The highest BCUT2D eigenvalue weighted by Gasteiger charge is 2.30. The van der Waals surface area contributed by atoms with E-state index in [4.69, 9.17) is 4.74 Å². The number of carbonyl (C=O) groups excluding carboxylic acids is 1. The average Bonchev–Trinajstić information content (AvgIpc) is 2.83. The van der Waals surface area contributed by atoms with Crippen LogP contribution in [0.1, 0.15) is 5.56 Å². The molecule has 166 valence electrons. The van der Waals surface area contributed by atoms with Crippen LogP contribution in [0.15, 0.2) is 66.7 Å². The summed E-state index contributed by atoms with van der Waals surface area (Å²) in [5, 5.41) is 8.60. The van der Waals surface area contributed by atoms with Crippen molar-refractivity contribution in [3.8, 4) is 17.0 Å². The number of rotatable bonds is 5. The molecule has 1 saturated heterocycles. The van der Waals surface area contributed by atoms with Crippen molar-refractivity contribution in [3.63, 3.8) is 0 Å². The summed E-state index contributed by atoms with van der Waals surface area (Å²) in [6.45, 7) is 1.77. The van der Waals surface area contributed by atoms with Crippen molar-refractivity contribution in [2.75, 3.05) is 37.7 Å². The van der Waals surface area contributed by atoms with Crippen LogP contribution in [-0.2, 0) is 11.0 Å². The monoisotopic (exact) mass is 442 g/mol. The third-order valence-electron chi connectivity index (χ3n) is 5.20. The molecule has 0 spiro atoms. The van der Waals surface area contributed by atoms with Gasteiger partial charge in [-0.25, -0.2) is 0 Å². The minimum Gasteiger partial charge on any atom is -0.484 e. The van der Waals surface area contributed by atoms with Crippen LogP contribution in [0.2, 0.25) is 0 Å². The van der Waals surface area contributed by atoms with Gasteiger partial charge in [0.05, 0.1) is 11.3 Å². The lowest BCUT2D eigenvalue weighted by atomic mass is 10.1. The predicted octanol–water partition coefficient (Wildman–Crippen LogP) is 3.89. The van der Waals surface area contributed by atoms with E-state index in [-0.39, 0.29) is 18.3 Å². The normalized spacial score (nSPS) is 14.3. The predicted molar refractivity (Wildman–Crippen MR) is 113 cm³/mol. The summed E-state index contributed by atoms with van der Waals surface area (Å²) in [4.78, 5) is 16.1. The van der Waals surface area contributed by atoms with Crippen molar-refractivity contribution in [1.29, 1.82) is 0 Å². The Kier molecular flexibility index (Phi) is 6.25. The van der Waals surface area contributed by atoms with Gasteiger partial charge in [-0.3, -0.25) is 4.79 Å². The Bertz CT molecular complexity index is 1050. The molecule has 9 heteroatoms. The van der Waals surface area contributed by atoms with E-state index in [1.807, 2.05) is 47.4 Å². The molecular weight excluding hydrogens is 421 g/mol. The number of benzene rings is 2. The van der Waals surface area contributed by atoms with E-state index in [2.05, 4.69) is 10.2 Å². The maximum atomic E-state index is 12.8. The van der Waals surface area contributed by atoms with E-state index in [0.717, 1.165) is 29.2 Å². The second kappa shape index (κ2) is 9.25. The molecule has 0 aliphatic carbocycles. The van der Waals surface area contributed by atoms with Crippen molar-refractivity contribution in [2.24, 2.45) is 0 Å². The molecule has 0 unspecified atom stereocenters. The zero-order valence-corrected chi connectivity index (χ0v) is 17.1. The van der Waals surface area contributed by atoms with Gasteiger partial charge in [0, 0.05) is 31.7 Å². The summed E-state index contributed by atoms with van der Waals surface area (Å²) in [6, 6.07) is 18.1. The zero-order chi connectivity index (χ0) is 22.6. The lowest BCUT2D eigenvalue weighted by molar-refractivity contribution is -0.137. The number of carbonyl (C=O) groups is 1. The van der Waals surface area contributed by atoms with Crippen LogP contribution in [0.5, 0.6) is 5.75 Å².